The van der Waals surface area contributed by atoms with Gasteiger partial charge >= 0.3 is 0 Å². The summed E-state index contributed by atoms with van der Waals surface area (Å²) in [6.07, 6.45) is 1.96. The molecular formula is C10H18N4OS2. The SMILES string of the molecule is CSc1nnc(CN[C@H](C(N)=O)C(C)(C)C)s1. The van der Waals surface area contributed by atoms with Crippen LogP contribution in [-0.2, 0) is 11.3 Å². The van der Waals surface area contributed by atoms with Crippen molar-refractivity contribution < 1.29 is 4.79 Å². The normalized spacial score (nSPS) is 13.6. The first-order valence-corrected chi connectivity index (χ1v) is 7.28. The van der Waals surface area contributed by atoms with Crippen molar-refractivity contribution in [2.24, 2.45) is 11.1 Å². The zero-order valence-corrected chi connectivity index (χ0v) is 12.1. The number of hydrogen-bond donors (Lipinski definition) is 2. The van der Waals surface area contributed by atoms with E-state index in [0.29, 0.717) is 6.54 Å². The molecule has 96 valence electrons. The molecule has 1 rings (SSSR count). The predicted octanol–water partition coefficient (Wildman–Crippen LogP) is 1.25. The highest BCUT2D eigenvalue weighted by molar-refractivity contribution is 8.00. The number of thioether (sulfide) groups is 1. The quantitative estimate of drug-likeness (QED) is 0.790. The van der Waals surface area contributed by atoms with E-state index in [1.807, 2.05) is 27.0 Å². The number of carbonyl (C=O) groups is 1. The highest BCUT2D eigenvalue weighted by Gasteiger charge is 2.29. The molecule has 0 aliphatic heterocycles. The van der Waals surface area contributed by atoms with Crippen LogP contribution in [0.15, 0.2) is 4.34 Å². The third-order valence-electron chi connectivity index (χ3n) is 2.23. The molecule has 5 nitrogen and oxygen atoms in total. The highest BCUT2D eigenvalue weighted by Crippen LogP contribution is 2.22. The summed E-state index contributed by atoms with van der Waals surface area (Å²) in [6.45, 7) is 6.44. The van der Waals surface area contributed by atoms with Crippen molar-refractivity contribution in [3.05, 3.63) is 5.01 Å². The fraction of sp³-hybridized carbons (Fsp3) is 0.700. The van der Waals surface area contributed by atoms with Crippen molar-refractivity contribution in [2.75, 3.05) is 6.26 Å². The Bertz CT molecular complexity index is 386. The maximum atomic E-state index is 11.4. The second kappa shape index (κ2) is 5.79. The number of nitrogens with two attached hydrogens (primary N) is 1. The van der Waals surface area contributed by atoms with Crippen LogP contribution >= 0.6 is 23.1 Å². The van der Waals surface area contributed by atoms with Gasteiger partial charge in [-0.15, -0.1) is 10.2 Å². The standard InChI is InChI=1S/C10H18N4OS2/c1-10(2,3)7(8(11)15)12-5-6-13-14-9(16-4)17-6/h7,12H,5H2,1-4H3,(H2,11,15)/t7-/m1/s1. The molecule has 17 heavy (non-hydrogen) atoms. The number of aromatic nitrogens is 2. The molecule has 1 atom stereocenters. The van der Waals surface area contributed by atoms with Gasteiger partial charge < -0.3 is 5.73 Å². The van der Waals surface area contributed by atoms with Gasteiger partial charge in [0.15, 0.2) is 4.34 Å². The molecule has 0 aromatic carbocycles. The van der Waals surface area contributed by atoms with Crippen molar-refractivity contribution in [1.29, 1.82) is 0 Å². The molecule has 0 aliphatic carbocycles. The minimum absolute atomic E-state index is 0.209. The summed E-state index contributed by atoms with van der Waals surface area (Å²) in [5.41, 5.74) is 5.17. The lowest BCUT2D eigenvalue weighted by atomic mass is 9.86. The van der Waals surface area contributed by atoms with Gasteiger partial charge in [0.2, 0.25) is 5.91 Å². The maximum absolute atomic E-state index is 11.4. The van der Waals surface area contributed by atoms with Gasteiger partial charge in [-0.2, -0.15) is 0 Å². The van der Waals surface area contributed by atoms with Crippen molar-refractivity contribution in [2.45, 2.75) is 37.7 Å². The van der Waals surface area contributed by atoms with Crippen LogP contribution in [0, 0.1) is 5.41 Å². The molecule has 1 aromatic rings. The number of rotatable bonds is 5. The molecule has 1 aromatic heterocycles. The van der Waals surface area contributed by atoms with Gasteiger partial charge in [0.05, 0.1) is 12.6 Å². The number of nitrogens with zero attached hydrogens (tertiary/aromatic N) is 2. The largest absolute Gasteiger partial charge is 0.368 e. The number of nitrogens with one attached hydrogen (secondary N) is 1. The van der Waals surface area contributed by atoms with E-state index in [1.54, 1.807) is 11.8 Å². The smallest absolute Gasteiger partial charge is 0.235 e. The Hall–Kier alpha value is -0.660. The molecule has 0 saturated heterocycles. The molecule has 1 heterocycles. The molecule has 7 heteroatoms. The first kappa shape index (κ1) is 14.4. The Morgan fingerprint density at radius 3 is 2.59 bits per heavy atom. The van der Waals surface area contributed by atoms with E-state index in [0.717, 1.165) is 9.35 Å². The Kier molecular flexibility index (Phi) is 4.91. The molecule has 0 aliphatic rings. The maximum Gasteiger partial charge on any atom is 0.235 e. The fourth-order valence-corrected chi connectivity index (χ4v) is 2.68. The molecular weight excluding hydrogens is 256 g/mol. The van der Waals surface area contributed by atoms with Gasteiger partial charge in [0.1, 0.15) is 5.01 Å². The van der Waals surface area contributed by atoms with Crippen LogP contribution in [0.1, 0.15) is 25.8 Å². The summed E-state index contributed by atoms with van der Waals surface area (Å²) in [5.74, 6) is -0.341. The lowest BCUT2D eigenvalue weighted by Gasteiger charge is -2.28. The van der Waals surface area contributed by atoms with Crippen molar-refractivity contribution >= 4 is 29.0 Å². The molecule has 0 unspecified atom stereocenters. The summed E-state index contributed by atoms with van der Waals surface area (Å²) in [6, 6.07) is -0.371. The van der Waals surface area contributed by atoms with E-state index < -0.39 is 0 Å². The fourth-order valence-electron chi connectivity index (χ4n) is 1.42. The van der Waals surface area contributed by atoms with Crippen LogP contribution < -0.4 is 11.1 Å². The van der Waals surface area contributed by atoms with Crippen LogP contribution in [-0.4, -0.2) is 28.4 Å². The molecule has 0 fully saturated rings. The predicted molar refractivity (Wildman–Crippen MR) is 71.0 cm³/mol. The summed E-state index contributed by atoms with van der Waals surface area (Å²) in [5, 5.41) is 12.0. The van der Waals surface area contributed by atoms with E-state index in [9.17, 15) is 4.79 Å². The van der Waals surface area contributed by atoms with E-state index >= 15 is 0 Å². The third-order valence-corrected chi connectivity index (χ3v) is 4.13. The van der Waals surface area contributed by atoms with Crippen molar-refractivity contribution in [3.8, 4) is 0 Å². The topological polar surface area (TPSA) is 80.9 Å². The van der Waals surface area contributed by atoms with Crippen LogP contribution in [0.5, 0.6) is 0 Å². The molecule has 1 amide bonds. The Morgan fingerprint density at radius 2 is 2.18 bits per heavy atom. The number of hydrogen-bond acceptors (Lipinski definition) is 6. The van der Waals surface area contributed by atoms with Gasteiger partial charge in [0, 0.05) is 0 Å². The first-order valence-electron chi connectivity index (χ1n) is 5.23. The molecule has 0 bridgehead atoms. The minimum atomic E-state index is -0.371. The van der Waals surface area contributed by atoms with Gasteiger partial charge in [-0.25, -0.2) is 0 Å². The van der Waals surface area contributed by atoms with Crippen molar-refractivity contribution in [3.63, 3.8) is 0 Å². The van der Waals surface area contributed by atoms with Gasteiger partial charge in [-0.05, 0) is 11.7 Å². The zero-order chi connectivity index (χ0) is 13.1. The lowest BCUT2D eigenvalue weighted by molar-refractivity contribution is -0.122. The number of amides is 1. The van der Waals surface area contributed by atoms with Crippen LogP contribution in [0.3, 0.4) is 0 Å². The van der Waals surface area contributed by atoms with E-state index in [1.165, 1.54) is 11.3 Å². The summed E-state index contributed by atoms with van der Waals surface area (Å²) in [4.78, 5) is 11.4. The van der Waals surface area contributed by atoms with E-state index in [-0.39, 0.29) is 17.4 Å². The van der Waals surface area contributed by atoms with E-state index in [2.05, 4.69) is 15.5 Å². The molecule has 0 radical (unpaired) electrons. The summed E-state index contributed by atoms with van der Waals surface area (Å²) in [7, 11) is 0. The molecule has 0 spiro atoms. The third kappa shape index (κ3) is 4.25. The Labute approximate surface area is 110 Å². The second-order valence-corrected chi connectivity index (χ2v) is 6.86. The number of carbonyl (C=O) groups excluding carboxylic acids is 1. The summed E-state index contributed by atoms with van der Waals surface area (Å²) >= 11 is 3.08. The highest BCUT2D eigenvalue weighted by atomic mass is 32.2. The molecule has 3 N–H and O–H groups in total. The average molecular weight is 274 g/mol. The van der Waals surface area contributed by atoms with Crippen LogP contribution in [0.2, 0.25) is 0 Å². The van der Waals surface area contributed by atoms with Gasteiger partial charge in [-0.1, -0.05) is 43.9 Å². The average Bonchev–Trinajstić information content (AvgIpc) is 2.63. The number of primary amides is 1. The Morgan fingerprint density at radius 1 is 1.53 bits per heavy atom. The van der Waals surface area contributed by atoms with Gasteiger partial charge in [-0.3, -0.25) is 10.1 Å². The summed E-state index contributed by atoms with van der Waals surface area (Å²) < 4.78 is 0.924. The monoisotopic (exact) mass is 274 g/mol. The van der Waals surface area contributed by atoms with E-state index in [4.69, 9.17) is 5.73 Å². The second-order valence-electron chi connectivity index (χ2n) is 4.75. The van der Waals surface area contributed by atoms with Crippen molar-refractivity contribution in [1.82, 2.24) is 15.5 Å². The lowest BCUT2D eigenvalue weighted by Crippen LogP contribution is -2.49. The zero-order valence-electron chi connectivity index (χ0n) is 10.5. The minimum Gasteiger partial charge on any atom is -0.368 e. The van der Waals surface area contributed by atoms with Crippen LogP contribution in [0.4, 0.5) is 0 Å². The van der Waals surface area contributed by atoms with Gasteiger partial charge in [0.25, 0.3) is 0 Å². The Balaban J connectivity index is 2.61. The first-order chi connectivity index (χ1) is 7.84. The van der Waals surface area contributed by atoms with Crippen LogP contribution in [0.25, 0.3) is 0 Å². The molecule has 0 saturated carbocycles.